The van der Waals surface area contributed by atoms with Crippen molar-refractivity contribution in [2.24, 2.45) is 5.73 Å². The number of hydrogen-bond donors (Lipinski definition) is 2. The number of likely N-dealkylation sites (N-methyl/N-ethyl adjacent to an activating group) is 1. The van der Waals surface area contributed by atoms with Crippen LogP contribution < -0.4 is 5.73 Å². The number of furan rings is 1. The van der Waals surface area contributed by atoms with Crippen molar-refractivity contribution in [2.45, 2.75) is 13.5 Å². The number of nitrogens with two attached hydrogens (primary N) is 1. The van der Waals surface area contributed by atoms with Crippen LogP contribution >= 0.6 is 0 Å². The standard InChI is InChI=1S/C14H16N2O4/c1-2-16(8-12(15)17)7-11-13(14(18)19)9-5-3-4-6-10(9)20-11/h3-6H,2,7-8H2,1H3,(H2,15,17)(H,18,19). The zero-order valence-corrected chi connectivity index (χ0v) is 11.1. The lowest BCUT2D eigenvalue weighted by Crippen LogP contribution is -2.33. The molecule has 0 saturated carbocycles. The van der Waals surface area contributed by atoms with Crippen LogP contribution in [-0.2, 0) is 11.3 Å². The van der Waals surface area contributed by atoms with Gasteiger partial charge in [-0.2, -0.15) is 0 Å². The summed E-state index contributed by atoms with van der Waals surface area (Å²) >= 11 is 0. The number of aromatic carboxylic acids is 1. The van der Waals surface area contributed by atoms with Crippen molar-refractivity contribution >= 4 is 22.8 Å². The smallest absolute Gasteiger partial charge is 0.339 e. The van der Waals surface area contributed by atoms with Crippen molar-refractivity contribution in [2.75, 3.05) is 13.1 Å². The summed E-state index contributed by atoms with van der Waals surface area (Å²) in [7, 11) is 0. The second-order valence-corrected chi connectivity index (χ2v) is 4.47. The van der Waals surface area contributed by atoms with Gasteiger partial charge < -0.3 is 15.3 Å². The highest BCUT2D eigenvalue weighted by atomic mass is 16.4. The maximum Gasteiger partial charge on any atom is 0.339 e. The number of para-hydroxylation sites is 1. The Hall–Kier alpha value is -2.34. The minimum Gasteiger partial charge on any atom is -0.478 e. The van der Waals surface area contributed by atoms with Gasteiger partial charge in [-0.1, -0.05) is 25.1 Å². The van der Waals surface area contributed by atoms with E-state index in [0.29, 0.717) is 23.3 Å². The largest absolute Gasteiger partial charge is 0.478 e. The van der Waals surface area contributed by atoms with Gasteiger partial charge in [0.25, 0.3) is 0 Å². The summed E-state index contributed by atoms with van der Waals surface area (Å²) in [5.41, 5.74) is 5.83. The van der Waals surface area contributed by atoms with Gasteiger partial charge in [0.05, 0.1) is 13.1 Å². The molecule has 1 aromatic carbocycles. The molecule has 1 amide bonds. The summed E-state index contributed by atoms with van der Waals surface area (Å²) in [6.45, 7) is 2.73. The van der Waals surface area contributed by atoms with E-state index >= 15 is 0 Å². The van der Waals surface area contributed by atoms with Gasteiger partial charge in [-0.15, -0.1) is 0 Å². The molecule has 1 heterocycles. The average molecular weight is 276 g/mol. The van der Waals surface area contributed by atoms with Crippen molar-refractivity contribution in [1.82, 2.24) is 4.90 Å². The van der Waals surface area contributed by atoms with Crippen LogP contribution in [0.1, 0.15) is 23.0 Å². The summed E-state index contributed by atoms with van der Waals surface area (Å²) < 4.78 is 5.60. The molecule has 2 aromatic rings. The first-order valence-electron chi connectivity index (χ1n) is 6.27. The van der Waals surface area contributed by atoms with Crippen molar-refractivity contribution in [3.63, 3.8) is 0 Å². The summed E-state index contributed by atoms with van der Waals surface area (Å²) in [5, 5.41) is 9.91. The van der Waals surface area contributed by atoms with Crippen LogP contribution in [0, 0.1) is 0 Å². The van der Waals surface area contributed by atoms with E-state index in [9.17, 15) is 14.7 Å². The van der Waals surface area contributed by atoms with E-state index in [1.807, 2.05) is 6.92 Å². The molecule has 0 radical (unpaired) electrons. The summed E-state index contributed by atoms with van der Waals surface area (Å²) in [6, 6.07) is 6.96. The van der Waals surface area contributed by atoms with Crippen molar-refractivity contribution < 1.29 is 19.1 Å². The Bertz CT molecular complexity index is 648. The number of primary amides is 1. The highest BCUT2D eigenvalue weighted by Gasteiger charge is 2.21. The molecule has 0 spiro atoms. The van der Waals surface area contributed by atoms with E-state index < -0.39 is 11.9 Å². The Morgan fingerprint density at radius 2 is 2.05 bits per heavy atom. The molecule has 106 valence electrons. The van der Waals surface area contributed by atoms with E-state index in [-0.39, 0.29) is 18.7 Å². The Kier molecular flexibility index (Phi) is 4.05. The molecule has 6 heteroatoms. The maximum atomic E-state index is 11.4. The van der Waals surface area contributed by atoms with E-state index in [2.05, 4.69) is 0 Å². The molecule has 0 aliphatic carbocycles. The molecule has 0 unspecified atom stereocenters. The lowest BCUT2D eigenvalue weighted by atomic mass is 10.1. The van der Waals surface area contributed by atoms with Gasteiger partial charge in [0.2, 0.25) is 5.91 Å². The van der Waals surface area contributed by atoms with Gasteiger partial charge in [0.1, 0.15) is 16.9 Å². The first-order valence-corrected chi connectivity index (χ1v) is 6.27. The summed E-state index contributed by atoms with van der Waals surface area (Å²) in [5.74, 6) is -1.17. The zero-order valence-electron chi connectivity index (χ0n) is 11.1. The Morgan fingerprint density at radius 3 is 2.65 bits per heavy atom. The van der Waals surface area contributed by atoms with Gasteiger partial charge in [0, 0.05) is 5.39 Å². The minimum absolute atomic E-state index is 0.0621. The van der Waals surface area contributed by atoms with Gasteiger partial charge in [-0.25, -0.2) is 4.79 Å². The van der Waals surface area contributed by atoms with Gasteiger partial charge in [-0.05, 0) is 12.6 Å². The number of carbonyl (C=O) groups is 2. The number of carbonyl (C=O) groups excluding carboxylic acids is 1. The number of fused-ring (bicyclic) bond motifs is 1. The van der Waals surface area contributed by atoms with Crippen LogP contribution in [-0.4, -0.2) is 35.0 Å². The second-order valence-electron chi connectivity index (χ2n) is 4.47. The van der Waals surface area contributed by atoms with Crippen molar-refractivity contribution in [1.29, 1.82) is 0 Å². The highest BCUT2D eigenvalue weighted by molar-refractivity contribution is 6.03. The third-order valence-electron chi connectivity index (χ3n) is 3.08. The molecule has 0 fully saturated rings. The SMILES string of the molecule is CCN(CC(N)=O)Cc1oc2ccccc2c1C(=O)O. The van der Waals surface area contributed by atoms with Crippen LogP contribution in [0.3, 0.4) is 0 Å². The number of carboxylic acid groups (broad SMARTS) is 1. The van der Waals surface area contributed by atoms with Crippen LogP contribution in [0.25, 0.3) is 11.0 Å². The monoisotopic (exact) mass is 276 g/mol. The number of nitrogens with zero attached hydrogens (tertiary/aromatic N) is 1. The number of benzene rings is 1. The van der Waals surface area contributed by atoms with Crippen molar-refractivity contribution in [3.05, 3.63) is 35.6 Å². The average Bonchev–Trinajstić information content (AvgIpc) is 2.75. The molecule has 3 N–H and O–H groups in total. The molecule has 0 aliphatic rings. The molecule has 0 bridgehead atoms. The van der Waals surface area contributed by atoms with Crippen LogP contribution in [0.5, 0.6) is 0 Å². The van der Waals surface area contributed by atoms with Gasteiger partial charge >= 0.3 is 5.97 Å². The molecule has 6 nitrogen and oxygen atoms in total. The maximum absolute atomic E-state index is 11.4. The molecule has 2 rings (SSSR count). The molecular formula is C14H16N2O4. The minimum atomic E-state index is -1.04. The fourth-order valence-electron chi connectivity index (χ4n) is 2.14. The quantitative estimate of drug-likeness (QED) is 0.832. The zero-order chi connectivity index (χ0) is 14.7. The van der Waals surface area contributed by atoms with E-state index in [1.54, 1.807) is 29.2 Å². The van der Waals surface area contributed by atoms with Crippen LogP contribution in [0.15, 0.2) is 28.7 Å². The highest BCUT2D eigenvalue weighted by Crippen LogP contribution is 2.26. The molecule has 0 aliphatic heterocycles. The van der Waals surface area contributed by atoms with Crippen LogP contribution in [0.2, 0.25) is 0 Å². The van der Waals surface area contributed by atoms with Crippen molar-refractivity contribution in [3.8, 4) is 0 Å². The van der Waals surface area contributed by atoms with Crippen LogP contribution in [0.4, 0.5) is 0 Å². The van der Waals surface area contributed by atoms with E-state index in [0.717, 1.165) is 0 Å². The Labute approximate surface area is 115 Å². The molecule has 1 aromatic heterocycles. The predicted molar refractivity (Wildman–Crippen MR) is 73.3 cm³/mol. The topological polar surface area (TPSA) is 96.8 Å². The predicted octanol–water partition coefficient (Wildman–Crippen LogP) is 1.44. The molecular weight excluding hydrogens is 260 g/mol. The summed E-state index contributed by atoms with van der Waals surface area (Å²) in [4.78, 5) is 24.1. The van der Waals surface area contributed by atoms with Gasteiger partial charge in [-0.3, -0.25) is 9.69 Å². The van der Waals surface area contributed by atoms with E-state index in [1.165, 1.54) is 0 Å². The van der Waals surface area contributed by atoms with E-state index in [4.69, 9.17) is 10.2 Å². The van der Waals surface area contributed by atoms with Gasteiger partial charge in [0.15, 0.2) is 0 Å². The molecule has 0 saturated heterocycles. The third kappa shape index (κ3) is 2.80. The lowest BCUT2D eigenvalue weighted by molar-refractivity contribution is -0.119. The normalized spacial score (nSPS) is 11.1. The third-order valence-corrected chi connectivity index (χ3v) is 3.08. The summed E-state index contributed by atoms with van der Waals surface area (Å²) in [6.07, 6.45) is 0. The number of carboxylic acids is 1. The number of rotatable bonds is 6. The molecule has 0 atom stereocenters. The first kappa shape index (κ1) is 14.1. The number of amides is 1. The Balaban J connectivity index is 2.40. The lowest BCUT2D eigenvalue weighted by Gasteiger charge is -2.17. The number of hydrogen-bond acceptors (Lipinski definition) is 4. The first-order chi connectivity index (χ1) is 9.52. The molecule has 20 heavy (non-hydrogen) atoms. The fourth-order valence-corrected chi connectivity index (χ4v) is 2.14. The fraction of sp³-hybridized carbons (Fsp3) is 0.286. The Morgan fingerprint density at radius 1 is 1.35 bits per heavy atom. The second kappa shape index (κ2) is 5.75.